The van der Waals surface area contributed by atoms with Gasteiger partial charge < -0.3 is 25.2 Å². The topological polar surface area (TPSA) is 79.8 Å². The van der Waals surface area contributed by atoms with Gasteiger partial charge in [-0.2, -0.15) is 0 Å². The number of hydrogen-bond donors (Lipinski definition) is 3. The number of nitrogens with one attached hydrogen (secondary N) is 2. The molecule has 1 unspecified atom stereocenters. The SMILES string of the molecule is COCC(CCCNC(=O)OC(C)(C)C)NCCCCCO. The Morgan fingerprint density at radius 2 is 1.86 bits per heavy atom. The smallest absolute Gasteiger partial charge is 0.407 e. The molecule has 0 rings (SSSR count). The van der Waals surface area contributed by atoms with Crippen molar-refractivity contribution in [3.63, 3.8) is 0 Å². The molecule has 3 N–H and O–H groups in total. The van der Waals surface area contributed by atoms with Gasteiger partial charge in [0.1, 0.15) is 5.60 Å². The summed E-state index contributed by atoms with van der Waals surface area (Å²) in [5, 5.41) is 15.0. The first-order valence-electron chi connectivity index (χ1n) is 8.19. The van der Waals surface area contributed by atoms with Gasteiger partial charge >= 0.3 is 6.09 Å². The van der Waals surface area contributed by atoms with Gasteiger partial charge in [0.2, 0.25) is 0 Å². The fraction of sp³-hybridized carbons (Fsp3) is 0.938. The standard InChI is InChI=1S/C16H34N2O4/c1-16(2,3)22-15(20)18-11-8-9-14(13-21-4)17-10-6-5-7-12-19/h14,17,19H,5-13H2,1-4H3,(H,18,20). The van der Waals surface area contributed by atoms with Crippen molar-refractivity contribution in [3.05, 3.63) is 0 Å². The van der Waals surface area contributed by atoms with Gasteiger partial charge in [-0.25, -0.2) is 4.79 Å². The number of carbonyl (C=O) groups is 1. The summed E-state index contributed by atoms with van der Waals surface area (Å²) >= 11 is 0. The maximum atomic E-state index is 11.5. The monoisotopic (exact) mass is 318 g/mol. The molecule has 1 atom stereocenters. The Labute approximate surface area is 134 Å². The lowest BCUT2D eigenvalue weighted by Crippen LogP contribution is -2.36. The van der Waals surface area contributed by atoms with Gasteiger partial charge in [-0.3, -0.25) is 0 Å². The van der Waals surface area contributed by atoms with Gasteiger partial charge in [0, 0.05) is 26.3 Å². The molecule has 0 aromatic heterocycles. The highest BCUT2D eigenvalue weighted by atomic mass is 16.6. The van der Waals surface area contributed by atoms with E-state index in [1.165, 1.54) is 0 Å². The minimum Gasteiger partial charge on any atom is -0.444 e. The second-order valence-corrected chi connectivity index (χ2v) is 6.46. The van der Waals surface area contributed by atoms with Gasteiger partial charge in [0.05, 0.1) is 6.61 Å². The summed E-state index contributed by atoms with van der Waals surface area (Å²) in [6, 6.07) is 0.291. The van der Waals surface area contributed by atoms with Crippen molar-refractivity contribution in [2.24, 2.45) is 0 Å². The Morgan fingerprint density at radius 1 is 1.14 bits per heavy atom. The van der Waals surface area contributed by atoms with Crippen LogP contribution in [0.25, 0.3) is 0 Å². The first-order chi connectivity index (χ1) is 10.4. The summed E-state index contributed by atoms with van der Waals surface area (Å²) in [6.07, 6.45) is 4.38. The lowest BCUT2D eigenvalue weighted by molar-refractivity contribution is 0.0526. The van der Waals surface area contributed by atoms with Crippen molar-refractivity contribution in [1.82, 2.24) is 10.6 Å². The molecule has 0 bridgehead atoms. The van der Waals surface area contributed by atoms with E-state index in [-0.39, 0.29) is 12.7 Å². The molecule has 1 amide bonds. The van der Waals surface area contributed by atoms with Crippen LogP contribution in [0, 0.1) is 0 Å². The Bertz CT molecular complexity index is 280. The van der Waals surface area contributed by atoms with Crippen LogP contribution in [0.15, 0.2) is 0 Å². The fourth-order valence-corrected chi connectivity index (χ4v) is 2.02. The predicted octanol–water partition coefficient (Wildman–Crippen LogP) is 2.06. The zero-order valence-corrected chi connectivity index (χ0v) is 14.6. The molecule has 0 radical (unpaired) electrons. The molecule has 6 nitrogen and oxygen atoms in total. The molecule has 22 heavy (non-hydrogen) atoms. The molecule has 0 aliphatic heterocycles. The molecule has 0 aliphatic carbocycles. The van der Waals surface area contributed by atoms with Gasteiger partial charge in [0.15, 0.2) is 0 Å². The molecule has 0 aromatic rings. The van der Waals surface area contributed by atoms with E-state index in [9.17, 15) is 4.79 Å². The fourth-order valence-electron chi connectivity index (χ4n) is 2.02. The molecule has 0 aliphatic rings. The summed E-state index contributed by atoms with van der Waals surface area (Å²) in [6.45, 7) is 7.99. The molecule has 0 spiro atoms. The third-order valence-electron chi connectivity index (χ3n) is 3.03. The molecule has 132 valence electrons. The Balaban J connectivity index is 3.74. The minimum atomic E-state index is -0.460. The van der Waals surface area contributed by atoms with E-state index in [0.29, 0.717) is 19.2 Å². The van der Waals surface area contributed by atoms with Crippen LogP contribution in [0.1, 0.15) is 52.9 Å². The average Bonchev–Trinajstić information content (AvgIpc) is 2.41. The highest BCUT2D eigenvalue weighted by Crippen LogP contribution is 2.06. The maximum Gasteiger partial charge on any atom is 0.407 e. The van der Waals surface area contributed by atoms with E-state index in [1.807, 2.05) is 20.8 Å². The highest BCUT2D eigenvalue weighted by Gasteiger charge is 2.15. The quantitative estimate of drug-likeness (QED) is 0.480. The minimum absolute atomic E-state index is 0.262. The van der Waals surface area contributed by atoms with Gasteiger partial charge in [0.25, 0.3) is 0 Å². The van der Waals surface area contributed by atoms with Crippen LogP contribution in [-0.4, -0.2) is 56.3 Å². The molecule has 0 heterocycles. The third kappa shape index (κ3) is 14.1. The van der Waals surface area contributed by atoms with Crippen LogP contribution in [0.5, 0.6) is 0 Å². The number of rotatable bonds is 12. The summed E-state index contributed by atoms with van der Waals surface area (Å²) in [5.41, 5.74) is -0.460. The van der Waals surface area contributed by atoms with Crippen molar-refractivity contribution >= 4 is 6.09 Å². The van der Waals surface area contributed by atoms with Crippen molar-refractivity contribution in [2.45, 2.75) is 64.5 Å². The van der Waals surface area contributed by atoms with Crippen molar-refractivity contribution < 1.29 is 19.4 Å². The van der Waals surface area contributed by atoms with Crippen molar-refractivity contribution in [2.75, 3.05) is 33.4 Å². The van der Waals surface area contributed by atoms with Crippen molar-refractivity contribution in [1.29, 1.82) is 0 Å². The Kier molecular flexibility index (Phi) is 12.2. The predicted molar refractivity (Wildman–Crippen MR) is 88.1 cm³/mol. The van der Waals surface area contributed by atoms with Gasteiger partial charge in [-0.05, 0) is 59.4 Å². The van der Waals surface area contributed by atoms with E-state index in [4.69, 9.17) is 14.6 Å². The van der Waals surface area contributed by atoms with E-state index in [1.54, 1.807) is 7.11 Å². The normalized spacial score (nSPS) is 13.0. The molecule has 0 aromatic carbocycles. The van der Waals surface area contributed by atoms with E-state index < -0.39 is 5.60 Å². The second-order valence-electron chi connectivity index (χ2n) is 6.46. The number of alkyl carbamates (subject to hydrolysis) is 1. The van der Waals surface area contributed by atoms with Crippen LogP contribution in [0.2, 0.25) is 0 Å². The summed E-state index contributed by atoms with van der Waals surface area (Å²) in [7, 11) is 1.69. The lowest BCUT2D eigenvalue weighted by Gasteiger charge is -2.20. The number of aliphatic hydroxyl groups excluding tert-OH is 1. The van der Waals surface area contributed by atoms with Crippen LogP contribution in [0.3, 0.4) is 0 Å². The van der Waals surface area contributed by atoms with Crippen molar-refractivity contribution in [3.8, 4) is 0 Å². The number of methoxy groups -OCH3 is 1. The average molecular weight is 318 g/mol. The number of carbonyl (C=O) groups excluding carboxylic acids is 1. The highest BCUT2D eigenvalue weighted by molar-refractivity contribution is 5.67. The van der Waals surface area contributed by atoms with E-state index in [2.05, 4.69) is 10.6 Å². The number of hydrogen-bond acceptors (Lipinski definition) is 5. The number of ether oxygens (including phenoxy) is 2. The van der Waals surface area contributed by atoms with E-state index in [0.717, 1.165) is 38.6 Å². The first-order valence-corrected chi connectivity index (χ1v) is 8.19. The molecule has 0 fully saturated rings. The molecular formula is C16H34N2O4. The molecule has 0 saturated heterocycles. The molecular weight excluding hydrogens is 284 g/mol. The van der Waals surface area contributed by atoms with E-state index >= 15 is 0 Å². The number of unbranched alkanes of at least 4 members (excludes halogenated alkanes) is 2. The summed E-state index contributed by atoms with van der Waals surface area (Å²) in [4.78, 5) is 11.5. The maximum absolute atomic E-state index is 11.5. The Morgan fingerprint density at radius 3 is 2.45 bits per heavy atom. The molecule has 6 heteroatoms. The summed E-state index contributed by atoms with van der Waals surface area (Å²) < 4.78 is 10.4. The third-order valence-corrected chi connectivity index (χ3v) is 3.03. The van der Waals surface area contributed by atoms with Crippen LogP contribution < -0.4 is 10.6 Å². The van der Waals surface area contributed by atoms with Crippen LogP contribution in [-0.2, 0) is 9.47 Å². The van der Waals surface area contributed by atoms with Gasteiger partial charge in [-0.1, -0.05) is 0 Å². The summed E-state index contributed by atoms with van der Waals surface area (Å²) in [5.74, 6) is 0. The zero-order valence-electron chi connectivity index (χ0n) is 14.6. The Hall–Kier alpha value is -0.850. The van der Waals surface area contributed by atoms with Crippen LogP contribution in [0.4, 0.5) is 4.79 Å². The first kappa shape index (κ1) is 21.1. The second kappa shape index (κ2) is 12.7. The van der Waals surface area contributed by atoms with Gasteiger partial charge in [-0.15, -0.1) is 0 Å². The number of amides is 1. The van der Waals surface area contributed by atoms with Crippen LogP contribution >= 0.6 is 0 Å². The molecule has 0 saturated carbocycles. The number of aliphatic hydroxyl groups is 1. The zero-order chi connectivity index (χ0) is 16.8. The lowest BCUT2D eigenvalue weighted by atomic mass is 10.1. The largest absolute Gasteiger partial charge is 0.444 e.